The van der Waals surface area contributed by atoms with E-state index in [1.807, 2.05) is 11.8 Å². The summed E-state index contributed by atoms with van der Waals surface area (Å²) in [5.41, 5.74) is 2.58. The lowest BCUT2D eigenvalue weighted by Crippen LogP contribution is -2.24. The van der Waals surface area contributed by atoms with Crippen LogP contribution in [0, 0.1) is 0 Å². The van der Waals surface area contributed by atoms with Crippen LogP contribution in [0.4, 0.5) is 0 Å². The molecule has 17 heavy (non-hydrogen) atoms. The number of rotatable bonds is 7. The van der Waals surface area contributed by atoms with Gasteiger partial charge in [-0.1, -0.05) is 37.6 Å². The zero-order valence-electron chi connectivity index (χ0n) is 11.5. The van der Waals surface area contributed by atoms with Crippen LogP contribution < -0.4 is 0 Å². The molecule has 0 spiro atoms. The van der Waals surface area contributed by atoms with Gasteiger partial charge < -0.3 is 4.74 Å². The van der Waals surface area contributed by atoms with Gasteiger partial charge in [-0.2, -0.15) is 11.8 Å². The van der Waals surface area contributed by atoms with Crippen molar-refractivity contribution in [2.45, 2.75) is 39.2 Å². The first-order valence-electron chi connectivity index (χ1n) is 6.33. The minimum atomic E-state index is -0.179. The van der Waals surface area contributed by atoms with Crippen LogP contribution in [0.3, 0.4) is 0 Å². The normalized spacial score (nSPS) is 11.8. The Balaban J connectivity index is 2.81. The average molecular weight is 252 g/mol. The van der Waals surface area contributed by atoms with E-state index in [1.165, 1.54) is 17.5 Å². The lowest BCUT2D eigenvalue weighted by molar-refractivity contribution is -0.0130. The molecule has 0 aromatic heterocycles. The highest BCUT2D eigenvalue weighted by Crippen LogP contribution is 2.28. The van der Waals surface area contributed by atoms with Gasteiger partial charge in [-0.3, -0.25) is 0 Å². The molecule has 0 unspecified atom stereocenters. The third-order valence-corrected chi connectivity index (χ3v) is 3.51. The maximum Gasteiger partial charge on any atom is 0.0878 e. The summed E-state index contributed by atoms with van der Waals surface area (Å²) in [7, 11) is 0. The molecular weight excluding hydrogens is 228 g/mol. The average Bonchev–Trinajstić information content (AvgIpc) is 2.30. The Labute approximate surface area is 110 Å². The van der Waals surface area contributed by atoms with Gasteiger partial charge in [0.1, 0.15) is 0 Å². The standard InChI is InChI=1S/C15H24OS/c1-5-8-13-9-6-7-10-14(13)15(2,3)16-11-12-17-4/h6-7,9-10H,5,8,11-12H2,1-4H3. The molecule has 0 saturated carbocycles. The third kappa shape index (κ3) is 4.36. The van der Waals surface area contributed by atoms with Crippen molar-refractivity contribution in [1.29, 1.82) is 0 Å². The first-order valence-corrected chi connectivity index (χ1v) is 7.72. The van der Waals surface area contributed by atoms with E-state index in [0.717, 1.165) is 18.8 Å². The lowest BCUT2D eigenvalue weighted by atomic mass is 9.91. The van der Waals surface area contributed by atoms with E-state index in [0.29, 0.717) is 0 Å². The molecule has 96 valence electrons. The van der Waals surface area contributed by atoms with Crippen LogP contribution in [0.2, 0.25) is 0 Å². The van der Waals surface area contributed by atoms with Gasteiger partial charge in [0.05, 0.1) is 12.2 Å². The number of thioether (sulfide) groups is 1. The number of benzene rings is 1. The second-order valence-corrected chi connectivity index (χ2v) is 5.74. The third-order valence-electron chi connectivity index (χ3n) is 2.94. The number of hydrogen-bond donors (Lipinski definition) is 0. The Kier molecular flexibility index (Phi) is 6.07. The highest BCUT2D eigenvalue weighted by molar-refractivity contribution is 7.98. The molecule has 0 amide bonds. The summed E-state index contributed by atoms with van der Waals surface area (Å²) in [4.78, 5) is 0. The van der Waals surface area contributed by atoms with Gasteiger partial charge in [0, 0.05) is 5.75 Å². The van der Waals surface area contributed by atoms with Crippen LogP contribution in [0.25, 0.3) is 0 Å². The highest BCUT2D eigenvalue weighted by atomic mass is 32.2. The van der Waals surface area contributed by atoms with Crippen molar-refractivity contribution < 1.29 is 4.74 Å². The summed E-state index contributed by atoms with van der Waals surface area (Å²) in [6, 6.07) is 8.64. The van der Waals surface area contributed by atoms with E-state index < -0.39 is 0 Å². The van der Waals surface area contributed by atoms with Crippen LogP contribution in [-0.2, 0) is 16.8 Å². The van der Waals surface area contributed by atoms with Crippen molar-refractivity contribution in [2.24, 2.45) is 0 Å². The number of ether oxygens (including phenoxy) is 1. The number of hydrogen-bond acceptors (Lipinski definition) is 2. The fraction of sp³-hybridized carbons (Fsp3) is 0.600. The van der Waals surface area contributed by atoms with Gasteiger partial charge in [0.15, 0.2) is 0 Å². The van der Waals surface area contributed by atoms with E-state index in [4.69, 9.17) is 4.74 Å². The smallest absolute Gasteiger partial charge is 0.0878 e. The van der Waals surface area contributed by atoms with Crippen LogP contribution >= 0.6 is 11.8 Å². The van der Waals surface area contributed by atoms with Crippen molar-refractivity contribution in [3.8, 4) is 0 Å². The lowest BCUT2D eigenvalue weighted by Gasteiger charge is -2.28. The van der Waals surface area contributed by atoms with Crippen LogP contribution in [0.15, 0.2) is 24.3 Å². The Morgan fingerprint density at radius 3 is 2.59 bits per heavy atom. The molecule has 0 atom stereocenters. The SMILES string of the molecule is CCCc1ccccc1C(C)(C)OCCSC. The van der Waals surface area contributed by atoms with Gasteiger partial charge in [0.2, 0.25) is 0 Å². The molecule has 0 fully saturated rings. The molecule has 1 rings (SSSR count). The van der Waals surface area contributed by atoms with E-state index >= 15 is 0 Å². The summed E-state index contributed by atoms with van der Waals surface area (Å²) >= 11 is 1.83. The minimum Gasteiger partial charge on any atom is -0.370 e. The summed E-state index contributed by atoms with van der Waals surface area (Å²) < 4.78 is 6.02. The van der Waals surface area contributed by atoms with E-state index in [1.54, 1.807) is 0 Å². The summed E-state index contributed by atoms with van der Waals surface area (Å²) in [5, 5.41) is 0. The molecule has 0 aliphatic heterocycles. The highest BCUT2D eigenvalue weighted by Gasteiger charge is 2.23. The molecule has 0 bridgehead atoms. The molecule has 1 aromatic carbocycles. The van der Waals surface area contributed by atoms with Gasteiger partial charge in [0.25, 0.3) is 0 Å². The van der Waals surface area contributed by atoms with E-state index in [2.05, 4.69) is 51.3 Å². The van der Waals surface area contributed by atoms with E-state index in [9.17, 15) is 0 Å². The summed E-state index contributed by atoms with van der Waals surface area (Å²) in [5.74, 6) is 1.05. The maximum absolute atomic E-state index is 6.02. The molecule has 2 heteroatoms. The monoisotopic (exact) mass is 252 g/mol. The van der Waals surface area contributed by atoms with Gasteiger partial charge in [-0.05, 0) is 37.7 Å². The molecule has 0 aliphatic carbocycles. The molecule has 0 radical (unpaired) electrons. The molecular formula is C15H24OS. The van der Waals surface area contributed by atoms with Crippen molar-refractivity contribution in [2.75, 3.05) is 18.6 Å². The number of aryl methyl sites for hydroxylation is 1. The molecule has 0 N–H and O–H groups in total. The van der Waals surface area contributed by atoms with Crippen molar-refractivity contribution in [3.63, 3.8) is 0 Å². The Morgan fingerprint density at radius 2 is 1.94 bits per heavy atom. The predicted molar refractivity (Wildman–Crippen MR) is 77.8 cm³/mol. The fourth-order valence-corrected chi connectivity index (χ4v) is 2.30. The molecule has 1 aromatic rings. The van der Waals surface area contributed by atoms with Crippen molar-refractivity contribution in [1.82, 2.24) is 0 Å². The Morgan fingerprint density at radius 1 is 1.24 bits per heavy atom. The van der Waals surface area contributed by atoms with Crippen molar-refractivity contribution >= 4 is 11.8 Å². The molecule has 0 saturated heterocycles. The molecule has 0 aliphatic rings. The Bertz CT molecular complexity index is 333. The van der Waals surface area contributed by atoms with Gasteiger partial charge in [-0.25, -0.2) is 0 Å². The second-order valence-electron chi connectivity index (χ2n) is 4.76. The largest absolute Gasteiger partial charge is 0.370 e. The second kappa shape index (κ2) is 7.07. The minimum absolute atomic E-state index is 0.179. The van der Waals surface area contributed by atoms with Crippen molar-refractivity contribution in [3.05, 3.63) is 35.4 Å². The zero-order chi connectivity index (χ0) is 12.7. The molecule has 0 heterocycles. The molecule has 1 nitrogen and oxygen atoms in total. The summed E-state index contributed by atoms with van der Waals surface area (Å²) in [6.45, 7) is 7.37. The first-order chi connectivity index (χ1) is 8.11. The topological polar surface area (TPSA) is 9.23 Å². The fourth-order valence-electron chi connectivity index (χ4n) is 2.05. The van der Waals surface area contributed by atoms with Crippen LogP contribution in [0.1, 0.15) is 38.3 Å². The van der Waals surface area contributed by atoms with Gasteiger partial charge in [-0.15, -0.1) is 0 Å². The van der Waals surface area contributed by atoms with Gasteiger partial charge >= 0.3 is 0 Å². The predicted octanol–water partition coefficient (Wildman–Crippen LogP) is 4.25. The van der Waals surface area contributed by atoms with E-state index in [-0.39, 0.29) is 5.60 Å². The van der Waals surface area contributed by atoms with Crippen LogP contribution in [-0.4, -0.2) is 18.6 Å². The summed E-state index contributed by atoms with van der Waals surface area (Å²) in [6.07, 6.45) is 4.42. The zero-order valence-corrected chi connectivity index (χ0v) is 12.3. The van der Waals surface area contributed by atoms with Crippen LogP contribution in [0.5, 0.6) is 0 Å². The Hall–Kier alpha value is -0.470. The maximum atomic E-state index is 6.02. The first kappa shape index (κ1) is 14.6. The quantitative estimate of drug-likeness (QED) is 0.671.